The molecule has 9 heteroatoms. The molecule has 3 aromatic rings. The Bertz CT molecular complexity index is 1050. The number of rotatable bonds is 7. The number of carbonyl (C=O) groups excluding carboxylic acids is 1. The van der Waals surface area contributed by atoms with Gasteiger partial charge in [0.05, 0.1) is 22.6 Å². The van der Waals surface area contributed by atoms with Gasteiger partial charge in [-0.3, -0.25) is 4.79 Å². The number of fused-ring (bicyclic) bond motifs is 1. The van der Waals surface area contributed by atoms with Crippen molar-refractivity contribution < 1.29 is 24.5 Å². The summed E-state index contributed by atoms with van der Waals surface area (Å²) in [5.41, 5.74) is 2.46. The molecular weight excluding hydrogens is 394 g/mol. The monoisotopic (exact) mass is 413 g/mol. The van der Waals surface area contributed by atoms with Gasteiger partial charge in [-0.2, -0.15) is 5.11 Å². The first-order valence-corrected chi connectivity index (χ1v) is 9.48. The van der Waals surface area contributed by atoms with E-state index >= 15 is 0 Å². The quantitative estimate of drug-likeness (QED) is 0.192. The van der Waals surface area contributed by atoms with Crippen LogP contribution in [-0.4, -0.2) is 16.3 Å². The zero-order valence-electron chi connectivity index (χ0n) is 15.7. The standard InChI is InChI=1S/C20H19N3O5S/c1-3-13-4-7-15(8-5-13)22-23-19-18(29-28-27-26)10-14-6-9-16(21-12(2)24)11-17(14)20(19)25/h4-11,25-26H,3H2,1-2H3,(H,21,24). The molecule has 3 aromatic carbocycles. The normalized spacial score (nSPS) is 11.3. The van der Waals surface area contributed by atoms with Gasteiger partial charge < -0.3 is 10.4 Å². The Hall–Kier alpha value is -2.98. The van der Waals surface area contributed by atoms with Crippen LogP contribution in [-0.2, 0) is 20.6 Å². The maximum atomic E-state index is 11.3. The third-order valence-corrected chi connectivity index (χ3v) is 4.76. The van der Waals surface area contributed by atoms with Crippen molar-refractivity contribution in [1.29, 1.82) is 0 Å². The van der Waals surface area contributed by atoms with Crippen LogP contribution in [0.5, 0.6) is 5.75 Å². The van der Waals surface area contributed by atoms with E-state index in [0.717, 1.165) is 6.42 Å². The largest absolute Gasteiger partial charge is 0.505 e. The lowest BCUT2D eigenvalue weighted by Crippen LogP contribution is -2.05. The van der Waals surface area contributed by atoms with Crippen molar-refractivity contribution in [2.24, 2.45) is 10.2 Å². The first-order valence-electron chi connectivity index (χ1n) is 8.74. The number of azo groups is 1. The number of carbonyl (C=O) groups is 1. The van der Waals surface area contributed by atoms with E-state index in [4.69, 9.17) is 5.26 Å². The molecule has 0 aliphatic carbocycles. The summed E-state index contributed by atoms with van der Waals surface area (Å²) in [7, 11) is 0. The summed E-state index contributed by atoms with van der Waals surface area (Å²) in [6, 6.07) is 14.3. The molecule has 3 N–H and O–H groups in total. The number of hydrogen-bond acceptors (Lipinski definition) is 8. The maximum Gasteiger partial charge on any atom is 0.221 e. The highest BCUT2D eigenvalue weighted by Gasteiger charge is 2.15. The number of phenols is 1. The molecule has 0 radical (unpaired) electrons. The minimum atomic E-state index is -0.222. The molecule has 1 amide bonds. The van der Waals surface area contributed by atoms with Gasteiger partial charge in [-0.15, -0.1) is 9.45 Å². The Morgan fingerprint density at radius 1 is 1.14 bits per heavy atom. The van der Waals surface area contributed by atoms with Crippen LogP contribution in [0.2, 0.25) is 0 Å². The lowest BCUT2D eigenvalue weighted by molar-refractivity contribution is -0.432. The van der Waals surface area contributed by atoms with Crippen LogP contribution >= 0.6 is 12.0 Å². The molecule has 150 valence electrons. The van der Waals surface area contributed by atoms with Crippen LogP contribution in [0.4, 0.5) is 17.1 Å². The average molecular weight is 413 g/mol. The van der Waals surface area contributed by atoms with Gasteiger partial charge >= 0.3 is 0 Å². The molecule has 0 aliphatic rings. The molecule has 0 atom stereocenters. The Kier molecular flexibility index (Phi) is 6.78. The summed E-state index contributed by atoms with van der Waals surface area (Å²) in [4.78, 5) is 11.7. The van der Waals surface area contributed by atoms with Gasteiger partial charge in [0.2, 0.25) is 5.91 Å². The minimum absolute atomic E-state index is 0.138. The number of amides is 1. The zero-order valence-corrected chi connectivity index (χ0v) is 16.6. The second-order valence-electron chi connectivity index (χ2n) is 6.13. The van der Waals surface area contributed by atoms with Crippen LogP contribution in [0, 0.1) is 0 Å². The van der Waals surface area contributed by atoms with Crippen molar-refractivity contribution in [3.63, 3.8) is 0 Å². The van der Waals surface area contributed by atoms with E-state index in [2.05, 4.69) is 31.8 Å². The van der Waals surface area contributed by atoms with E-state index in [1.54, 1.807) is 24.3 Å². The molecule has 29 heavy (non-hydrogen) atoms. The van der Waals surface area contributed by atoms with Crippen molar-refractivity contribution in [2.45, 2.75) is 25.2 Å². The Morgan fingerprint density at radius 3 is 2.55 bits per heavy atom. The highest BCUT2D eigenvalue weighted by molar-refractivity contribution is 7.94. The number of nitrogens with one attached hydrogen (secondary N) is 1. The predicted octanol–water partition coefficient (Wildman–Crippen LogP) is 5.91. The molecule has 0 saturated heterocycles. The molecule has 0 aromatic heterocycles. The topological polar surface area (TPSA) is 113 Å². The maximum absolute atomic E-state index is 11.3. The van der Waals surface area contributed by atoms with Gasteiger partial charge in [-0.05, 0) is 47.7 Å². The van der Waals surface area contributed by atoms with E-state index in [0.29, 0.717) is 39.1 Å². The molecule has 0 heterocycles. The van der Waals surface area contributed by atoms with Crippen molar-refractivity contribution in [1.82, 2.24) is 0 Å². The van der Waals surface area contributed by atoms with E-state index in [1.165, 1.54) is 12.5 Å². The summed E-state index contributed by atoms with van der Waals surface area (Å²) < 4.78 is 4.53. The number of aromatic hydroxyl groups is 1. The van der Waals surface area contributed by atoms with Gasteiger partial charge in [0, 0.05) is 18.0 Å². The molecular formula is C20H19N3O5S. The third-order valence-electron chi connectivity index (χ3n) is 4.14. The summed E-state index contributed by atoms with van der Waals surface area (Å²) in [5, 5.41) is 35.1. The molecule has 8 nitrogen and oxygen atoms in total. The number of aryl methyl sites for hydroxylation is 1. The Labute approximate surface area is 171 Å². The molecule has 0 fully saturated rings. The molecule has 3 rings (SSSR count). The summed E-state index contributed by atoms with van der Waals surface area (Å²) in [6.07, 6.45) is 0.915. The van der Waals surface area contributed by atoms with Gasteiger partial charge in [0.1, 0.15) is 5.69 Å². The summed E-state index contributed by atoms with van der Waals surface area (Å²) >= 11 is 0.676. The van der Waals surface area contributed by atoms with Crippen molar-refractivity contribution in [2.75, 3.05) is 5.32 Å². The fourth-order valence-electron chi connectivity index (χ4n) is 2.74. The SMILES string of the molecule is CCc1ccc(N=Nc2c(SOOO)cc3ccc(NC(C)=O)cc3c2O)cc1. The minimum Gasteiger partial charge on any atom is -0.505 e. The molecule has 0 bridgehead atoms. The molecule has 0 unspecified atom stereocenters. The molecule has 0 saturated carbocycles. The Balaban J connectivity index is 2.06. The lowest BCUT2D eigenvalue weighted by atomic mass is 10.1. The average Bonchev–Trinajstić information content (AvgIpc) is 2.72. The van der Waals surface area contributed by atoms with E-state index in [9.17, 15) is 9.90 Å². The number of hydrogen-bond donors (Lipinski definition) is 3. The highest BCUT2D eigenvalue weighted by atomic mass is 32.2. The van der Waals surface area contributed by atoms with E-state index in [-0.39, 0.29) is 17.3 Å². The number of benzene rings is 3. The van der Waals surface area contributed by atoms with E-state index < -0.39 is 0 Å². The van der Waals surface area contributed by atoms with Crippen molar-refractivity contribution in [3.8, 4) is 5.75 Å². The smallest absolute Gasteiger partial charge is 0.221 e. The van der Waals surface area contributed by atoms with Gasteiger partial charge in [-0.25, -0.2) is 5.26 Å². The highest BCUT2D eigenvalue weighted by Crippen LogP contribution is 2.44. The second-order valence-corrected chi connectivity index (χ2v) is 6.88. The van der Waals surface area contributed by atoms with Crippen molar-refractivity contribution in [3.05, 3.63) is 54.1 Å². The number of nitrogens with zero attached hydrogens (tertiary/aromatic N) is 2. The fraction of sp³-hybridized carbons (Fsp3) is 0.150. The number of phenolic OH excluding ortho intramolecular Hbond substituents is 1. The molecule has 0 aliphatic heterocycles. The number of anilines is 1. The van der Waals surface area contributed by atoms with Crippen LogP contribution in [0.1, 0.15) is 19.4 Å². The summed E-state index contributed by atoms with van der Waals surface area (Å²) in [6.45, 7) is 3.46. The first kappa shape index (κ1) is 20.7. The lowest BCUT2D eigenvalue weighted by Gasteiger charge is -2.10. The van der Waals surface area contributed by atoms with Crippen LogP contribution < -0.4 is 5.32 Å². The fourth-order valence-corrected chi connectivity index (χ4v) is 3.24. The molecule has 0 spiro atoms. The second kappa shape index (κ2) is 9.48. The van der Waals surface area contributed by atoms with Crippen molar-refractivity contribution >= 4 is 45.8 Å². The zero-order chi connectivity index (χ0) is 20.8. The van der Waals surface area contributed by atoms with Gasteiger partial charge in [0.15, 0.2) is 5.75 Å². The predicted molar refractivity (Wildman–Crippen MR) is 111 cm³/mol. The third kappa shape index (κ3) is 5.09. The van der Waals surface area contributed by atoms with Crippen LogP contribution in [0.15, 0.2) is 63.7 Å². The summed E-state index contributed by atoms with van der Waals surface area (Å²) in [5.74, 6) is -0.368. The van der Waals surface area contributed by atoms with Gasteiger partial charge in [0.25, 0.3) is 0 Å². The van der Waals surface area contributed by atoms with E-state index in [1.807, 2.05) is 24.3 Å². The Morgan fingerprint density at radius 2 is 1.90 bits per heavy atom. The van der Waals surface area contributed by atoms with Crippen LogP contribution in [0.3, 0.4) is 0 Å². The first-order chi connectivity index (χ1) is 14.0. The van der Waals surface area contributed by atoms with Gasteiger partial charge in [-0.1, -0.05) is 30.2 Å². The van der Waals surface area contributed by atoms with Crippen LogP contribution in [0.25, 0.3) is 10.8 Å².